The van der Waals surface area contributed by atoms with Crippen LogP contribution >= 0.6 is 15.9 Å². The van der Waals surface area contributed by atoms with E-state index < -0.39 is 11.9 Å². The van der Waals surface area contributed by atoms with Crippen LogP contribution < -0.4 is 10.5 Å². The minimum absolute atomic E-state index is 0.0710. The first-order valence-electron chi connectivity index (χ1n) is 5.01. The summed E-state index contributed by atoms with van der Waals surface area (Å²) in [4.78, 5) is 11.1. The average molecular weight is 286 g/mol. The van der Waals surface area contributed by atoms with Gasteiger partial charge in [0.05, 0.1) is 12.5 Å². The van der Waals surface area contributed by atoms with Crippen molar-refractivity contribution >= 4 is 21.9 Å². The quantitative estimate of drug-likeness (QED) is 0.883. The molecule has 1 aliphatic heterocycles. The summed E-state index contributed by atoms with van der Waals surface area (Å²) >= 11 is 3.37. The summed E-state index contributed by atoms with van der Waals surface area (Å²) in [5, 5.41) is 9.10. The third-order valence-electron chi connectivity index (χ3n) is 2.69. The summed E-state index contributed by atoms with van der Waals surface area (Å²) in [6.45, 7) is 0.678. The minimum Gasteiger partial charge on any atom is -0.493 e. The van der Waals surface area contributed by atoms with E-state index in [2.05, 4.69) is 15.9 Å². The zero-order chi connectivity index (χ0) is 11.7. The molecule has 0 radical (unpaired) electrons. The molecule has 0 aliphatic carbocycles. The molecule has 1 aliphatic rings. The van der Waals surface area contributed by atoms with Crippen LogP contribution in [-0.2, 0) is 11.2 Å². The first-order chi connectivity index (χ1) is 7.63. The van der Waals surface area contributed by atoms with E-state index in [0.29, 0.717) is 17.9 Å². The molecule has 1 unspecified atom stereocenters. The van der Waals surface area contributed by atoms with Crippen molar-refractivity contribution in [1.82, 2.24) is 0 Å². The molecule has 3 N–H and O–H groups in total. The van der Waals surface area contributed by atoms with E-state index in [-0.39, 0.29) is 6.54 Å². The molecule has 2 rings (SSSR count). The summed E-state index contributed by atoms with van der Waals surface area (Å²) < 4.78 is 6.34. The lowest BCUT2D eigenvalue weighted by Crippen LogP contribution is -2.21. The summed E-state index contributed by atoms with van der Waals surface area (Å²) in [6, 6.07) is 3.73. The Hall–Kier alpha value is -1.07. The van der Waals surface area contributed by atoms with Crippen LogP contribution in [0.5, 0.6) is 5.75 Å². The van der Waals surface area contributed by atoms with E-state index in [1.807, 2.05) is 6.07 Å². The lowest BCUT2D eigenvalue weighted by atomic mass is 9.96. The second-order valence-corrected chi connectivity index (χ2v) is 4.62. The van der Waals surface area contributed by atoms with Gasteiger partial charge in [0.25, 0.3) is 0 Å². The van der Waals surface area contributed by atoms with Gasteiger partial charge in [0.1, 0.15) is 5.75 Å². The highest BCUT2D eigenvalue weighted by Crippen LogP contribution is 2.37. The maximum atomic E-state index is 11.1. The van der Waals surface area contributed by atoms with Crippen molar-refractivity contribution in [1.29, 1.82) is 0 Å². The SMILES string of the molecule is NCC(C(=O)O)c1cc(Br)cc2c1OCC2. The summed E-state index contributed by atoms with van der Waals surface area (Å²) in [7, 11) is 0. The second kappa shape index (κ2) is 4.43. The largest absolute Gasteiger partial charge is 0.493 e. The van der Waals surface area contributed by atoms with Gasteiger partial charge in [-0.15, -0.1) is 0 Å². The van der Waals surface area contributed by atoms with Crippen LogP contribution in [0.2, 0.25) is 0 Å². The minimum atomic E-state index is -0.918. The summed E-state index contributed by atoms with van der Waals surface area (Å²) in [5.41, 5.74) is 7.21. The van der Waals surface area contributed by atoms with Crippen molar-refractivity contribution in [2.24, 2.45) is 5.73 Å². The molecule has 1 atom stereocenters. The van der Waals surface area contributed by atoms with Crippen LogP contribution in [0, 0.1) is 0 Å². The van der Waals surface area contributed by atoms with E-state index in [0.717, 1.165) is 16.5 Å². The van der Waals surface area contributed by atoms with E-state index in [4.69, 9.17) is 15.6 Å². The van der Waals surface area contributed by atoms with Gasteiger partial charge >= 0.3 is 5.97 Å². The molecule has 0 saturated carbocycles. The molecule has 0 amide bonds. The zero-order valence-electron chi connectivity index (χ0n) is 8.57. The number of benzene rings is 1. The van der Waals surface area contributed by atoms with E-state index in [1.165, 1.54) is 0 Å². The number of carboxylic acids is 1. The zero-order valence-corrected chi connectivity index (χ0v) is 10.2. The molecule has 4 nitrogen and oxygen atoms in total. The van der Waals surface area contributed by atoms with Crippen LogP contribution in [0.1, 0.15) is 17.0 Å². The Balaban J connectivity index is 2.51. The Kier molecular flexibility index (Phi) is 3.16. The predicted molar refractivity (Wildman–Crippen MR) is 62.8 cm³/mol. The number of nitrogens with two attached hydrogens (primary N) is 1. The maximum absolute atomic E-state index is 11.1. The standard InChI is InChI=1S/C11H12BrNO3/c12-7-3-6-1-2-16-10(6)8(4-7)9(5-13)11(14)15/h3-4,9H,1-2,5,13H2,(H,14,15). The number of carboxylic acid groups (broad SMARTS) is 1. The highest BCUT2D eigenvalue weighted by molar-refractivity contribution is 9.10. The third-order valence-corrected chi connectivity index (χ3v) is 3.14. The number of rotatable bonds is 3. The molecule has 0 aromatic heterocycles. The molecule has 5 heteroatoms. The van der Waals surface area contributed by atoms with Gasteiger partial charge in [-0.2, -0.15) is 0 Å². The fourth-order valence-corrected chi connectivity index (χ4v) is 2.44. The molecule has 0 bridgehead atoms. The average Bonchev–Trinajstić information content (AvgIpc) is 2.65. The van der Waals surface area contributed by atoms with Crippen molar-refractivity contribution in [3.8, 4) is 5.75 Å². The number of hydrogen-bond acceptors (Lipinski definition) is 3. The van der Waals surface area contributed by atoms with Gasteiger partial charge in [0, 0.05) is 23.0 Å². The molecule has 0 fully saturated rings. The molecule has 86 valence electrons. The van der Waals surface area contributed by atoms with Gasteiger partial charge in [-0.1, -0.05) is 15.9 Å². The Labute approximate surface area is 102 Å². The Bertz CT molecular complexity index is 433. The van der Waals surface area contributed by atoms with Crippen LogP contribution in [-0.4, -0.2) is 24.2 Å². The van der Waals surface area contributed by atoms with E-state index in [1.54, 1.807) is 6.07 Å². The third kappa shape index (κ3) is 1.92. The van der Waals surface area contributed by atoms with Crippen LogP contribution in [0.3, 0.4) is 0 Å². The van der Waals surface area contributed by atoms with Gasteiger partial charge in [0.15, 0.2) is 0 Å². The normalized spacial score (nSPS) is 15.4. The highest BCUT2D eigenvalue weighted by Gasteiger charge is 2.26. The second-order valence-electron chi connectivity index (χ2n) is 3.71. The molecular weight excluding hydrogens is 274 g/mol. The summed E-state index contributed by atoms with van der Waals surface area (Å²) in [5.74, 6) is -0.927. The van der Waals surface area contributed by atoms with Gasteiger partial charge < -0.3 is 15.6 Å². The number of halogens is 1. The van der Waals surface area contributed by atoms with Crippen LogP contribution in [0.4, 0.5) is 0 Å². The monoisotopic (exact) mass is 285 g/mol. The Morgan fingerprint density at radius 1 is 1.62 bits per heavy atom. The van der Waals surface area contributed by atoms with Gasteiger partial charge in [-0.25, -0.2) is 0 Å². The highest BCUT2D eigenvalue weighted by atomic mass is 79.9. The number of ether oxygens (including phenoxy) is 1. The van der Waals surface area contributed by atoms with Crippen LogP contribution in [0.25, 0.3) is 0 Å². The molecule has 0 spiro atoms. The van der Waals surface area contributed by atoms with Crippen molar-refractivity contribution in [2.45, 2.75) is 12.3 Å². The van der Waals surface area contributed by atoms with Gasteiger partial charge in [-0.05, 0) is 17.7 Å². The van der Waals surface area contributed by atoms with E-state index >= 15 is 0 Å². The van der Waals surface area contributed by atoms with Gasteiger partial charge in [-0.3, -0.25) is 4.79 Å². The van der Waals surface area contributed by atoms with Crippen LogP contribution in [0.15, 0.2) is 16.6 Å². The Morgan fingerprint density at radius 2 is 2.38 bits per heavy atom. The Morgan fingerprint density at radius 3 is 3.00 bits per heavy atom. The van der Waals surface area contributed by atoms with Crippen molar-refractivity contribution in [3.63, 3.8) is 0 Å². The first-order valence-corrected chi connectivity index (χ1v) is 5.80. The molecule has 1 heterocycles. The number of aliphatic carboxylic acids is 1. The first kappa shape index (κ1) is 11.4. The predicted octanol–water partition coefficient (Wildman–Crippen LogP) is 1.51. The maximum Gasteiger partial charge on any atom is 0.312 e. The summed E-state index contributed by atoms with van der Waals surface area (Å²) in [6.07, 6.45) is 0.818. The molecule has 1 aromatic carbocycles. The number of hydrogen-bond donors (Lipinski definition) is 2. The fourth-order valence-electron chi connectivity index (χ4n) is 1.92. The number of carbonyl (C=O) groups is 1. The molecule has 1 aromatic rings. The lowest BCUT2D eigenvalue weighted by Gasteiger charge is -2.14. The van der Waals surface area contributed by atoms with Crippen molar-refractivity contribution in [3.05, 3.63) is 27.7 Å². The van der Waals surface area contributed by atoms with Gasteiger partial charge in [0.2, 0.25) is 0 Å². The van der Waals surface area contributed by atoms with E-state index in [9.17, 15) is 4.79 Å². The molecule has 0 saturated heterocycles. The molecular formula is C11H12BrNO3. The molecule has 16 heavy (non-hydrogen) atoms. The fraction of sp³-hybridized carbons (Fsp3) is 0.364. The van der Waals surface area contributed by atoms with Crippen molar-refractivity contribution in [2.75, 3.05) is 13.2 Å². The number of fused-ring (bicyclic) bond motifs is 1. The smallest absolute Gasteiger partial charge is 0.312 e. The lowest BCUT2D eigenvalue weighted by molar-refractivity contribution is -0.138. The van der Waals surface area contributed by atoms with Crippen molar-refractivity contribution < 1.29 is 14.6 Å². The topological polar surface area (TPSA) is 72.6 Å².